The zero-order chi connectivity index (χ0) is 19.3. The molecular formula is C22H23N3O3. The molecule has 144 valence electrons. The SMILES string of the molecule is COCCn1cncc1CNC(=O)c1ccc(-c2ccc3c(c2)CCO3)cc1. The van der Waals surface area contributed by atoms with Crippen LogP contribution in [0.2, 0.25) is 0 Å². The molecule has 6 heteroatoms. The summed E-state index contributed by atoms with van der Waals surface area (Å²) in [6, 6.07) is 13.9. The van der Waals surface area contributed by atoms with Gasteiger partial charge >= 0.3 is 0 Å². The number of carbonyl (C=O) groups excluding carboxylic acids is 1. The molecule has 0 atom stereocenters. The van der Waals surface area contributed by atoms with Crippen molar-refractivity contribution in [2.45, 2.75) is 19.5 Å². The first-order chi connectivity index (χ1) is 13.7. The molecule has 1 aromatic heterocycles. The van der Waals surface area contributed by atoms with E-state index in [9.17, 15) is 4.79 Å². The number of fused-ring (bicyclic) bond motifs is 1. The summed E-state index contributed by atoms with van der Waals surface area (Å²) >= 11 is 0. The predicted molar refractivity (Wildman–Crippen MR) is 106 cm³/mol. The van der Waals surface area contributed by atoms with Gasteiger partial charge in [0.15, 0.2) is 0 Å². The maximum atomic E-state index is 12.5. The zero-order valence-electron chi connectivity index (χ0n) is 15.9. The highest BCUT2D eigenvalue weighted by Crippen LogP contribution is 2.30. The highest BCUT2D eigenvalue weighted by Gasteiger charge is 2.13. The lowest BCUT2D eigenvalue weighted by molar-refractivity contribution is 0.0950. The largest absolute Gasteiger partial charge is 0.493 e. The van der Waals surface area contributed by atoms with Crippen LogP contribution in [0.25, 0.3) is 11.1 Å². The number of hydrogen-bond donors (Lipinski definition) is 1. The fourth-order valence-corrected chi connectivity index (χ4v) is 3.34. The van der Waals surface area contributed by atoms with Gasteiger partial charge in [0.25, 0.3) is 5.91 Å². The van der Waals surface area contributed by atoms with Crippen molar-refractivity contribution in [2.24, 2.45) is 0 Å². The van der Waals surface area contributed by atoms with Crippen molar-refractivity contribution in [2.75, 3.05) is 20.3 Å². The smallest absolute Gasteiger partial charge is 0.251 e. The van der Waals surface area contributed by atoms with E-state index in [4.69, 9.17) is 9.47 Å². The number of rotatable bonds is 7. The number of benzene rings is 2. The molecule has 1 aliphatic rings. The van der Waals surface area contributed by atoms with Gasteiger partial charge < -0.3 is 19.4 Å². The number of ether oxygens (including phenoxy) is 2. The maximum Gasteiger partial charge on any atom is 0.251 e. The molecule has 0 radical (unpaired) electrons. The molecule has 3 aromatic rings. The van der Waals surface area contributed by atoms with Gasteiger partial charge in [0, 0.05) is 31.8 Å². The van der Waals surface area contributed by atoms with Crippen molar-refractivity contribution in [3.8, 4) is 16.9 Å². The molecule has 28 heavy (non-hydrogen) atoms. The van der Waals surface area contributed by atoms with Crippen LogP contribution in [0.15, 0.2) is 55.0 Å². The summed E-state index contributed by atoms with van der Waals surface area (Å²) in [7, 11) is 1.67. The van der Waals surface area contributed by atoms with Crippen molar-refractivity contribution in [3.05, 3.63) is 71.8 Å². The van der Waals surface area contributed by atoms with E-state index < -0.39 is 0 Å². The number of aromatic nitrogens is 2. The van der Waals surface area contributed by atoms with E-state index in [1.54, 1.807) is 19.6 Å². The van der Waals surface area contributed by atoms with E-state index in [-0.39, 0.29) is 5.91 Å². The van der Waals surface area contributed by atoms with Crippen LogP contribution in [0.4, 0.5) is 0 Å². The molecule has 0 unspecified atom stereocenters. The summed E-state index contributed by atoms with van der Waals surface area (Å²) in [6.45, 7) is 2.49. The van der Waals surface area contributed by atoms with Crippen LogP contribution in [0.3, 0.4) is 0 Å². The summed E-state index contributed by atoms with van der Waals surface area (Å²) in [5, 5.41) is 2.95. The Hall–Kier alpha value is -3.12. The third-order valence-corrected chi connectivity index (χ3v) is 4.93. The maximum absolute atomic E-state index is 12.5. The quantitative estimate of drug-likeness (QED) is 0.687. The third-order valence-electron chi connectivity index (χ3n) is 4.93. The van der Waals surface area contributed by atoms with Gasteiger partial charge in [-0.15, -0.1) is 0 Å². The molecule has 0 saturated carbocycles. The molecule has 1 aliphatic heterocycles. The Morgan fingerprint density at radius 2 is 2.04 bits per heavy atom. The molecule has 0 aliphatic carbocycles. The Bertz CT molecular complexity index is 963. The zero-order valence-corrected chi connectivity index (χ0v) is 15.9. The lowest BCUT2D eigenvalue weighted by Gasteiger charge is -2.10. The minimum atomic E-state index is -0.103. The second-order valence-electron chi connectivity index (χ2n) is 6.75. The molecule has 0 spiro atoms. The summed E-state index contributed by atoms with van der Waals surface area (Å²) < 4.78 is 12.6. The third kappa shape index (κ3) is 3.92. The number of imidazole rings is 1. The van der Waals surface area contributed by atoms with E-state index in [1.807, 2.05) is 34.9 Å². The van der Waals surface area contributed by atoms with Crippen LogP contribution >= 0.6 is 0 Å². The average Bonchev–Trinajstić information content (AvgIpc) is 3.39. The second kappa shape index (κ2) is 8.27. The van der Waals surface area contributed by atoms with Crippen LogP contribution in [-0.4, -0.2) is 35.8 Å². The molecule has 0 fully saturated rings. The van der Waals surface area contributed by atoms with Crippen LogP contribution in [0, 0.1) is 0 Å². The van der Waals surface area contributed by atoms with Crippen LogP contribution in [-0.2, 0) is 24.2 Å². The lowest BCUT2D eigenvalue weighted by Crippen LogP contribution is -2.24. The van der Waals surface area contributed by atoms with E-state index in [2.05, 4.69) is 22.4 Å². The Kier molecular flexibility index (Phi) is 5.39. The lowest BCUT2D eigenvalue weighted by atomic mass is 10.0. The van der Waals surface area contributed by atoms with Crippen molar-refractivity contribution < 1.29 is 14.3 Å². The first-order valence-corrected chi connectivity index (χ1v) is 9.37. The molecule has 1 N–H and O–H groups in total. The van der Waals surface area contributed by atoms with Gasteiger partial charge in [-0.25, -0.2) is 4.98 Å². The van der Waals surface area contributed by atoms with Gasteiger partial charge in [0.2, 0.25) is 0 Å². The standard InChI is InChI=1S/C22H23N3O3/c1-27-11-9-25-15-23-13-20(25)14-24-22(26)17-4-2-16(3-5-17)18-6-7-21-19(12-18)8-10-28-21/h2-7,12-13,15H,8-11,14H2,1H3,(H,24,26). The second-order valence-corrected chi connectivity index (χ2v) is 6.75. The number of carbonyl (C=O) groups is 1. The summed E-state index contributed by atoms with van der Waals surface area (Å²) in [5.41, 5.74) is 5.05. The highest BCUT2D eigenvalue weighted by molar-refractivity contribution is 5.94. The minimum Gasteiger partial charge on any atom is -0.493 e. The van der Waals surface area contributed by atoms with Gasteiger partial charge in [-0.3, -0.25) is 4.79 Å². The molecule has 0 bridgehead atoms. The highest BCUT2D eigenvalue weighted by atomic mass is 16.5. The van der Waals surface area contributed by atoms with E-state index in [1.165, 1.54) is 5.56 Å². The molecule has 2 aromatic carbocycles. The number of hydrogen-bond acceptors (Lipinski definition) is 4. The molecule has 2 heterocycles. The van der Waals surface area contributed by atoms with Gasteiger partial charge in [-0.05, 0) is 41.0 Å². The number of nitrogens with one attached hydrogen (secondary N) is 1. The number of methoxy groups -OCH3 is 1. The van der Waals surface area contributed by atoms with Crippen LogP contribution < -0.4 is 10.1 Å². The van der Waals surface area contributed by atoms with Gasteiger partial charge in [0.1, 0.15) is 5.75 Å². The molecule has 6 nitrogen and oxygen atoms in total. The predicted octanol–water partition coefficient (Wildman–Crippen LogP) is 3.06. The normalized spacial score (nSPS) is 12.5. The summed E-state index contributed by atoms with van der Waals surface area (Å²) in [5.74, 6) is 0.873. The molecule has 4 rings (SSSR count). The fourth-order valence-electron chi connectivity index (χ4n) is 3.34. The molecule has 1 amide bonds. The van der Waals surface area contributed by atoms with Gasteiger partial charge in [0.05, 0.1) is 31.8 Å². The molecular weight excluding hydrogens is 354 g/mol. The average molecular weight is 377 g/mol. The van der Waals surface area contributed by atoms with Crippen molar-refractivity contribution in [1.29, 1.82) is 0 Å². The van der Waals surface area contributed by atoms with E-state index in [0.29, 0.717) is 25.3 Å². The van der Waals surface area contributed by atoms with Gasteiger partial charge in [-0.2, -0.15) is 0 Å². The minimum absolute atomic E-state index is 0.103. The Balaban J connectivity index is 1.40. The van der Waals surface area contributed by atoms with Crippen LogP contribution in [0.5, 0.6) is 5.75 Å². The summed E-state index contributed by atoms with van der Waals surface area (Å²) in [4.78, 5) is 16.6. The van der Waals surface area contributed by atoms with E-state index in [0.717, 1.165) is 35.6 Å². The first-order valence-electron chi connectivity index (χ1n) is 9.37. The Morgan fingerprint density at radius 3 is 2.86 bits per heavy atom. The van der Waals surface area contributed by atoms with Crippen molar-refractivity contribution in [1.82, 2.24) is 14.9 Å². The van der Waals surface area contributed by atoms with Crippen molar-refractivity contribution >= 4 is 5.91 Å². The number of amides is 1. The summed E-state index contributed by atoms with van der Waals surface area (Å²) in [6.07, 6.45) is 4.46. The fraction of sp³-hybridized carbons (Fsp3) is 0.273. The first kappa shape index (κ1) is 18.3. The van der Waals surface area contributed by atoms with Crippen molar-refractivity contribution in [3.63, 3.8) is 0 Å². The van der Waals surface area contributed by atoms with E-state index >= 15 is 0 Å². The Morgan fingerprint density at radius 1 is 1.21 bits per heavy atom. The monoisotopic (exact) mass is 377 g/mol. The van der Waals surface area contributed by atoms with Crippen LogP contribution in [0.1, 0.15) is 21.6 Å². The Labute approximate surface area is 164 Å². The van der Waals surface area contributed by atoms with Gasteiger partial charge in [-0.1, -0.05) is 18.2 Å². The molecule has 0 saturated heterocycles. The topological polar surface area (TPSA) is 65.4 Å². The number of nitrogens with zero attached hydrogens (tertiary/aromatic N) is 2.